The summed E-state index contributed by atoms with van der Waals surface area (Å²) in [7, 11) is 3.40. The number of nitrogen functional groups attached to an aromatic ring is 1. The number of aromatic nitrogens is 1. The van der Waals surface area contributed by atoms with Crippen molar-refractivity contribution in [1.82, 2.24) is 15.2 Å². The Kier molecular flexibility index (Phi) is 4.56. The number of hydrogen-bond donors (Lipinski definition) is 3. The van der Waals surface area contributed by atoms with Crippen molar-refractivity contribution in [1.29, 1.82) is 0 Å². The Labute approximate surface area is 101 Å². The molecule has 0 aliphatic heterocycles. The third-order valence-electron chi connectivity index (χ3n) is 2.26. The zero-order valence-electron chi connectivity index (χ0n) is 10.4. The van der Waals surface area contributed by atoms with Gasteiger partial charge in [0.15, 0.2) is 0 Å². The molecule has 6 nitrogen and oxygen atoms in total. The molecule has 6 heteroatoms. The van der Waals surface area contributed by atoms with Crippen molar-refractivity contribution in [2.75, 3.05) is 38.2 Å². The third kappa shape index (κ3) is 4.18. The minimum Gasteiger partial charge on any atom is -0.397 e. The first-order valence-corrected chi connectivity index (χ1v) is 5.42. The van der Waals surface area contributed by atoms with Gasteiger partial charge in [-0.25, -0.2) is 9.78 Å². The van der Waals surface area contributed by atoms with Crippen molar-refractivity contribution >= 4 is 17.5 Å². The molecule has 0 atom stereocenters. The second kappa shape index (κ2) is 5.93. The fourth-order valence-corrected chi connectivity index (χ4v) is 1.18. The fraction of sp³-hybridized carbons (Fsp3) is 0.455. The number of nitrogens with zero attached hydrogens (tertiary/aromatic N) is 2. The van der Waals surface area contributed by atoms with Gasteiger partial charge in [-0.15, -0.1) is 0 Å². The predicted octanol–water partition coefficient (Wildman–Crippen LogP) is 0.655. The van der Waals surface area contributed by atoms with E-state index in [4.69, 9.17) is 5.73 Å². The first-order valence-electron chi connectivity index (χ1n) is 5.42. The second-order valence-electron chi connectivity index (χ2n) is 3.98. The summed E-state index contributed by atoms with van der Waals surface area (Å²) in [6, 6.07) is 1.77. The predicted molar refractivity (Wildman–Crippen MR) is 69.0 cm³/mol. The molecular formula is C11H19N5O. The number of rotatable bonds is 4. The zero-order valence-corrected chi connectivity index (χ0v) is 10.4. The van der Waals surface area contributed by atoms with E-state index in [9.17, 15) is 4.79 Å². The Balaban J connectivity index is 2.31. The number of aryl methyl sites for hydroxylation is 1. The van der Waals surface area contributed by atoms with Crippen LogP contribution in [0.15, 0.2) is 12.3 Å². The van der Waals surface area contributed by atoms with Gasteiger partial charge in [-0.3, -0.25) is 0 Å². The lowest BCUT2D eigenvalue weighted by Gasteiger charge is -2.12. The van der Waals surface area contributed by atoms with E-state index in [1.54, 1.807) is 20.3 Å². The standard InChI is InChI=1S/C11H19N5O/c1-8-6-10(15-7-9(8)12)13-4-5-14-11(17)16(2)3/h6-7H,4-5,12H2,1-3H3,(H,13,15)(H,14,17). The lowest BCUT2D eigenvalue weighted by molar-refractivity contribution is 0.218. The number of amides is 2. The zero-order chi connectivity index (χ0) is 12.8. The van der Waals surface area contributed by atoms with E-state index in [-0.39, 0.29) is 6.03 Å². The monoisotopic (exact) mass is 237 g/mol. The summed E-state index contributed by atoms with van der Waals surface area (Å²) in [5, 5.41) is 5.86. The van der Waals surface area contributed by atoms with E-state index in [2.05, 4.69) is 15.6 Å². The van der Waals surface area contributed by atoms with E-state index < -0.39 is 0 Å². The SMILES string of the molecule is Cc1cc(NCCNC(=O)N(C)C)ncc1N. The lowest BCUT2D eigenvalue weighted by atomic mass is 10.2. The van der Waals surface area contributed by atoms with Crippen LogP contribution >= 0.6 is 0 Å². The van der Waals surface area contributed by atoms with Gasteiger partial charge in [0.05, 0.1) is 11.9 Å². The molecule has 1 aromatic rings. The molecule has 0 spiro atoms. The van der Waals surface area contributed by atoms with Gasteiger partial charge in [0.2, 0.25) is 0 Å². The Morgan fingerprint density at radius 1 is 1.47 bits per heavy atom. The Morgan fingerprint density at radius 2 is 2.18 bits per heavy atom. The number of nitrogens with one attached hydrogen (secondary N) is 2. The number of anilines is 2. The summed E-state index contributed by atoms with van der Waals surface area (Å²) in [6.07, 6.45) is 1.62. The highest BCUT2D eigenvalue weighted by atomic mass is 16.2. The van der Waals surface area contributed by atoms with E-state index in [0.717, 1.165) is 11.4 Å². The molecule has 17 heavy (non-hydrogen) atoms. The molecule has 0 radical (unpaired) electrons. The molecule has 0 saturated carbocycles. The van der Waals surface area contributed by atoms with Gasteiger partial charge in [0.25, 0.3) is 0 Å². The topological polar surface area (TPSA) is 83.3 Å². The van der Waals surface area contributed by atoms with Crippen LogP contribution in [-0.4, -0.2) is 43.1 Å². The maximum atomic E-state index is 11.2. The Hall–Kier alpha value is -1.98. The van der Waals surface area contributed by atoms with Crippen LogP contribution in [0, 0.1) is 6.92 Å². The normalized spacial score (nSPS) is 9.82. The number of carbonyl (C=O) groups is 1. The van der Waals surface area contributed by atoms with Crippen LogP contribution in [-0.2, 0) is 0 Å². The van der Waals surface area contributed by atoms with Crippen LogP contribution < -0.4 is 16.4 Å². The van der Waals surface area contributed by atoms with Gasteiger partial charge in [0.1, 0.15) is 5.82 Å². The quantitative estimate of drug-likeness (QED) is 0.672. The molecule has 94 valence electrons. The van der Waals surface area contributed by atoms with Crippen molar-refractivity contribution in [2.45, 2.75) is 6.92 Å². The highest BCUT2D eigenvalue weighted by Gasteiger charge is 2.01. The third-order valence-corrected chi connectivity index (χ3v) is 2.26. The Bertz CT molecular complexity index is 391. The van der Waals surface area contributed by atoms with Gasteiger partial charge >= 0.3 is 6.03 Å². The highest BCUT2D eigenvalue weighted by Crippen LogP contribution is 2.12. The molecule has 1 rings (SSSR count). The second-order valence-corrected chi connectivity index (χ2v) is 3.98. The molecule has 0 aliphatic rings. The first kappa shape index (κ1) is 13.1. The lowest BCUT2D eigenvalue weighted by Crippen LogP contribution is -2.37. The summed E-state index contributed by atoms with van der Waals surface area (Å²) in [5.41, 5.74) is 7.33. The van der Waals surface area contributed by atoms with Gasteiger partial charge in [-0.2, -0.15) is 0 Å². The summed E-state index contributed by atoms with van der Waals surface area (Å²) in [4.78, 5) is 16.8. The highest BCUT2D eigenvalue weighted by molar-refractivity contribution is 5.73. The molecule has 0 fully saturated rings. The van der Waals surface area contributed by atoms with Crippen LogP contribution in [0.1, 0.15) is 5.56 Å². The number of carbonyl (C=O) groups excluding carboxylic acids is 1. The van der Waals surface area contributed by atoms with Gasteiger partial charge < -0.3 is 21.3 Å². The first-order chi connectivity index (χ1) is 8.00. The van der Waals surface area contributed by atoms with E-state index in [0.29, 0.717) is 18.8 Å². The van der Waals surface area contributed by atoms with Crippen molar-refractivity contribution in [3.8, 4) is 0 Å². The smallest absolute Gasteiger partial charge is 0.316 e. The molecule has 1 heterocycles. The van der Waals surface area contributed by atoms with E-state index >= 15 is 0 Å². The van der Waals surface area contributed by atoms with Gasteiger partial charge in [-0.05, 0) is 18.6 Å². The van der Waals surface area contributed by atoms with Crippen molar-refractivity contribution in [3.05, 3.63) is 17.8 Å². The Morgan fingerprint density at radius 3 is 2.76 bits per heavy atom. The molecule has 0 bridgehead atoms. The molecule has 2 amide bonds. The minimum absolute atomic E-state index is 0.103. The van der Waals surface area contributed by atoms with Crippen LogP contribution in [0.5, 0.6) is 0 Å². The van der Waals surface area contributed by atoms with Crippen molar-refractivity contribution < 1.29 is 4.79 Å². The number of hydrogen-bond acceptors (Lipinski definition) is 4. The van der Waals surface area contributed by atoms with Crippen molar-refractivity contribution in [2.24, 2.45) is 0 Å². The van der Waals surface area contributed by atoms with Crippen LogP contribution in [0.3, 0.4) is 0 Å². The number of nitrogens with two attached hydrogens (primary N) is 1. The summed E-state index contributed by atoms with van der Waals surface area (Å²) >= 11 is 0. The molecule has 1 aromatic heterocycles. The number of pyridine rings is 1. The van der Waals surface area contributed by atoms with E-state index in [1.807, 2.05) is 13.0 Å². The average Bonchev–Trinajstić information content (AvgIpc) is 2.28. The van der Waals surface area contributed by atoms with Crippen LogP contribution in [0.2, 0.25) is 0 Å². The fourth-order valence-electron chi connectivity index (χ4n) is 1.18. The van der Waals surface area contributed by atoms with E-state index in [1.165, 1.54) is 4.90 Å². The molecule has 0 unspecified atom stereocenters. The average molecular weight is 237 g/mol. The van der Waals surface area contributed by atoms with Gasteiger partial charge in [-0.1, -0.05) is 0 Å². The summed E-state index contributed by atoms with van der Waals surface area (Å²) < 4.78 is 0. The molecule has 0 aromatic carbocycles. The van der Waals surface area contributed by atoms with Gasteiger partial charge in [0, 0.05) is 27.2 Å². The molecule has 4 N–H and O–H groups in total. The summed E-state index contributed by atoms with van der Waals surface area (Å²) in [6.45, 7) is 3.09. The van der Waals surface area contributed by atoms with Crippen LogP contribution in [0.25, 0.3) is 0 Å². The molecule has 0 saturated heterocycles. The molecule has 0 aliphatic carbocycles. The maximum Gasteiger partial charge on any atom is 0.316 e. The largest absolute Gasteiger partial charge is 0.397 e. The van der Waals surface area contributed by atoms with Crippen LogP contribution in [0.4, 0.5) is 16.3 Å². The minimum atomic E-state index is -0.103. The van der Waals surface area contributed by atoms with Crippen molar-refractivity contribution in [3.63, 3.8) is 0 Å². The summed E-state index contributed by atoms with van der Waals surface area (Å²) in [5.74, 6) is 0.760. The molecular weight excluding hydrogens is 218 g/mol. The maximum absolute atomic E-state index is 11.2. The number of urea groups is 1.